The van der Waals surface area contributed by atoms with Crippen molar-refractivity contribution in [1.29, 1.82) is 0 Å². The number of benzene rings is 2. The monoisotopic (exact) mass is 385 g/mol. The van der Waals surface area contributed by atoms with Gasteiger partial charge in [-0.3, -0.25) is 4.99 Å². The van der Waals surface area contributed by atoms with Crippen molar-refractivity contribution < 1.29 is 18.7 Å². The van der Waals surface area contributed by atoms with Crippen molar-refractivity contribution in [1.82, 2.24) is 10.1 Å². The fraction of sp³-hybridized carbons (Fsp3) is 0.211. The van der Waals surface area contributed by atoms with Crippen molar-refractivity contribution in [2.45, 2.75) is 10.6 Å². The molecule has 0 N–H and O–H groups in total. The summed E-state index contributed by atoms with van der Waals surface area (Å²) in [6.07, 6.45) is 3.09. The lowest BCUT2D eigenvalue weighted by Gasteiger charge is -2.12. The third-order valence-corrected chi connectivity index (χ3v) is 4.73. The van der Waals surface area contributed by atoms with Gasteiger partial charge in [0.15, 0.2) is 17.3 Å². The van der Waals surface area contributed by atoms with Crippen molar-refractivity contribution in [2.75, 3.05) is 21.3 Å². The second-order valence-corrected chi connectivity index (χ2v) is 6.34. The maximum atomic E-state index is 5.38. The average Bonchev–Trinajstić information content (AvgIpc) is 3.24. The first-order chi connectivity index (χ1) is 13.2. The molecule has 0 bridgehead atoms. The molecule has 3 rings (SSSR count). The molecule has 0 fully saturated rings. The number of ether oxygens (including phenoxy) is 3. The van der Waals surface area contributed by atoms with Gasteiger partial charge in [0, 0.05) is 16.7 Å². The van der Waals surface area contributed by atoms with Gasteiger partial charge in [-0.2, -0.15) is 4.98 Å². The first-order valence-electron chi connectivity index (χ1n) is 8.06. The SMILES string of the molecule is COc1cc(C=Nc2ccccc2SCc2ncon2)cc(OC)c1OC. The van der Waals surface area contributed by atoms with E-state index in [0.717, 1.165) is 16.1 Å². The Balaban J connectivity index is 1.83. The van der Waals surface area contributed by atoms with E-state index in [9.17, 15) is 0 Å². The smallest absolute Gasteiger partial charge is 0.213 e. The van der Waals surface area contributed by atoms with Gasteiger partial charge in [0.2, 0.25) is 12.1 Å². The maximum Gasteiger partial charge on any atom is 0.213 e. The van der Waals surface area contributed by atoms with Crippen molar-refractivity contribution in [3.63, 3.8) is 0 Å². The van der Waals surface area contributed by atoms with Gasteiger partial charge in [-0.25, -0.2) is 0 Å². The fourth-order valence-electron chi connectivity index (χ4n) is 2.40. The van der Waals surface area contributed by atoms with Crippen LogP contribution in [0.3, 0.4) is 0 Å². The molecule has 0 spiro atoms. The Bertz CT molecular complexity index is 888. The zero-order chi connectivity index (χ0) is 19.1. The molecule has 0 aliphatic rings. The fourth-order valence-corrected chi connectivity index (χ4v) is 3.26. The predicted octanol–water partition coefficient (Wildman–Crippen LogP) is 4.14. The third-order valence-electron chi connectivity index (χ3n) is 3.67. The van der Waals surface area contributed by atoms with Crippen LogP contribution in [0.5, 0.6) is 17.2 Å². The molecule has 1 heterocycles. The number of thioether (sulfide) groups is 1. The highest BCUT2D eigenvalue weighted by Crippen LogP contribution is 2.38. The van der Waals surface area contributed by atoms with Gasteiger partial charge in [-0.05, 0) is 24.3 Å². The van der Waals surface area contributed by atoms with E-state index in [4.69, 9.17) is 18.7 Å². The normalized spacial score (nSPS) is 10.9. The summed E-state index contributed by atoms with van der Waals surface area (Å²) < 4.78 is 20.9. The largest absolute Gasteiger partial charge is 0.493 e. The molecular formula is C19H19N3O4S. The van der Waals surface area contributed by atoms with Crippen LogP contribution in [0.4, 0.5) is 5.69 Å². The molecule has 0 radical (unpaired) electrons. The van der Waals surface area contributed by atoms with E-state index in [-0.39, 0.29) is 0 Å². The summed E-state index contributed by atoms with van der Waals surface area (Å²) in [5.74, 6) is 2.96. The minimum Gasteiger partial charge on any atom is -0.493 e. The Labute approximate surface area is 161 Å². The highest BCUT2D eigenvalue weighted by molar-refractivity contribution is 7.98. The highest BCUT2D eigenvalue weighted by atomic mass is 32.2. The number of methoxy groups -OCH3 is 3. The van der Waals surface area contributed by atoms with Crippen LogP contribution in [-0.2, 0) is 5.75 Å². The molecule has 0 amide bonds. The average molecular weight is 385 g/mol. The number of hydrogen-bond acceptors (Lipinski definition) is 8. The first kappa shape index (κ1) is 18.8. The summed E-state index contributed by atoms with van der Waals surface area (Å²) >= 11 is 1.59. The van der Waals surface area contributed by atoms with Crippen LogP contribution in [0.1, 0.15) is 11.4 Å². The Kier molecular flexibility index (Phi) is 6.32. The summed E-state index contributed by atoms with van der Waals surface area (Å²) in [6, 6.07) is 11.6. The molecule has 1 aromatic heterocycles. The molecule has 8 heteroatoms. The molecule has 7 nitrogen and oxygen atoms in total. The second-order valence-electron chi connectivity index (χ2n) is 5.32. The lowest BCUT2D eigenvalue weighted by Crippen LogP contribution is -1.96. The molecule has 0 saturated heterocycles. The second kappa shape index (κ2) is 9.09. The number of rotatable bonds is 8. The number of hydrogen-bond donors (Lipinski definition) is 0. The van der Waals surface area contributed by atoms with Gasteiger partial charge in [-0.1, -0.05) is 17.3 Å². The third kappa shape index (κ3) is 4.59. The lowest BCUT2D eigenvalue weighted by molar-refractivity contribution is 0.324. The standard InChI is InChI=1S/C19H19N3O4S/c1-23-15-8-13(9-16(24-2)19(15)25-3)10-20-14-6-4-5-7-17(14)27-11-18-21-12-26-22-18/h4-10,12H,11H2,1-3H3. The molecule has 0 unspecified atom stereocenters. The number of nitrogens with zero attached hydrogens (tertiary/aromatic N) is 3. The van der Waals surface area contributed by atoms with Crippen molar-refractivity contribution >= 4 is 23.7 Å². The van der Waals surface area contributed by atoms with E-state index in [1.54, 1.807) is 39.3 Å². The van der Waals surface area contributed by atoms with E-state index in [1.807, 2.05) is 36.4 Å². The summed E-state index contributed by atoms with van der Waals surface area (Å²) in [5, 5.41) is 3.82. The number of aromatic nitrogens is 2. The van der Waals surface area contributed by atoms with Gasteiger partial charge in [-0.15, -0.1) is 11.8 Å². The highest BCUT2D eigenvalue weighted by Gasteiger charge is 2.12. The van der Waals surface area contributed by atoms with Crippen molar-refractivity contribution in [3.05, 3.63) is 54.2 Å². The van der Waals surface area contributed by atoms with E-state index < -0.39 is 0 Å². The maximum absolute atomic E-state index is 5.38. The summed E-state index contributed by atoms with van der Waals surface area (Å²) in [4.78, 5) is 9.67. The minimum atomic E-state index is 0.549. The van der Waals surface area contributed by atoms with Gasteiger partial charge < -0.3 is 18.7 Å². The van der Waals surface area contributed by atoms with E-state index in [1.165, 1.54) is 6.39 Å². The van der Waals surface area contributed by atoms with Gasteiger partial charge in [0.25, 0.3) is 0 Å². The van der Waals surface area contributed by atoms with Crippen LogP contribution in [0.15, 0.2) is 57.2 Å². The van der Waals surface area contributed by atoms with Crippen LogP contribution < -0.4 is 14.2 Å². The molecule has 3 aromatic rings. The van der Waals surface area contributed by atoms with Gasteiger partial charge in [0.1, 0.15) is 0 Å². The number of para-hydroxylation sites is 1. The van der Waals surface area contributed by atoms with Crippen LogP contribution in [0, 0.1) is 0 Å². The molecular weight excluding hydrogens is 366 g/mol. The van der Waals surface area contributed by atoms with Crippen LogP contribution in [0.25, 0.3) is 0 Å². The van der Waals surface area contributed by atoms with Crippen LogP contribution in [0.2, 0.25) is 0 Å². The molecule has 140 valence electrons. The zero-order valence-electron chi connectivity index (χ0n) is 15.2. The lowest BCUT2D eigenvalue weighted by atomic mass is 10.2. The van der Waals surface area contributed by atoms with Crippen LogP contribution >= 0.6 is 11.8 Å². The Morgan fingerprint density at radius 1 is 1.07 bits per heavy atom. The van der Waals surface area contributed by atoms with Crippen LogP contribution in [-0.4, -0.2) is 37.7 Å². The quantitative estimate of drug-likeness (QED) is 0.426. The Hall–Kier alpha value is -3.00. The van der Waals surface area contributed by atoms with Crippen molar-refractivity contribution in [3.8, 4) is 17.2 Å². The zero-order valence-corrected chi connectivity index (χ0v) is 16.0. The van der Waals surface area contributed by atoms with E-state index in [2.05, 4.69) is 15.1 Å². The van der Waals surface area contributed by atoms with Crippen molar-refractivity contribution in [2.24, 2.45) is 4.99 Å². The van der Waals surface area contributed by atoms with Gasteiger partial charge in [0.05, 0.1) is 32.8 Å². The summed E-state index contributed by atoms with van der Waals surface area (Å²) in [7, 11) is 4.75. The molecule has 2 aromatic carbocycles. The van der Waals surface area contributed by atoms with Gasteiger partial charge >= 0.3 is 0 Å². The summed E-state index contributed by atoms with van der Waals surface area (Å²) in [5.41, 5.74) is 1.68. The predicted molar refractivity (Wildman–Crippen MR) is 104 cm³/mol. The molecule has 0 saturated carbocycles. The topological polar surface area (TPSA) is 79.0 Å². The van der Waals surface area contributed by atoms with E-state index in [0.29, 0.717) is 28.8 Å². The minimum absolute atomic E-state index is 0.549. The molecule has 0 aliphatic heterocycles. The molecule has 0 aliphatic carbocycles. The molecule has 27 heavy (non-hydrogen) atoms. The first-order valence-corrected chi connectivity index (χ1v) is 9.05. The number of aliphatic imine (C=N–C) groups is 1. The Morgan fingerprint density at radius 2 is 1.81 bits per heavy atom. The van der Waals surface area contributed by atoms with E-state index >= 15 is 0 Å². The molecule has 0 atom stereocenters. The Morgan fingerprint density at radius 3 is 2.44 bits per heavy atom. The summed E-state index contributed by atoms with van der Waals surface area (Å²) in [6.45, 7) is 0.